The number of methoxy groups -OCH3 is 1. The van der Waals surface area contributed by atoms with E-state index < -0.39 is 11.2 Å². The molecule has 1 aromatic carbocycles. The maximum Gasteiger partial charge on any atom is 0.443 e. The average Bonchev–Trinajstić information content (AvgIpc) is 2.78. The second kappa shape index (κ2) is 4.49. The molecule has 96 valence electrons. The summed E-state index contributed by atoms with van der Waals surface area (Å²) < 4.78 is 42.2. The summed E-state index contributed by atoms with van der Waals surface area (Å²) in [6, 6.07) is 4.34. The number of aromatic nitrogens is 1. The van der Waals surface area contributed by atoms with Crippen LogP contribution in [0.4, 0.5) is 13.2 Å². The third-order valence-electron chi connectivity index (χ3n) is 2.22. The Bertz CT molecular complexity index is 566. The maximum absolute atomic E-state index is 12.4. The van der Waals surface area contributed by atoms with Gasteiger partial charge in [0.05, 0.1) is 12.0 Å². The van der Waals surface area contributed by atoms with E-state index in [0.717, 1.165) is 6.20 Å². The molecule has 0 amide bonds. The van der Waals surface area contributed by atoms with Gasteiger partial charge in [-0.05, 0) is 18.2 Å². The number of aromatic hydroxyl groups is 1. The van der Waals surface area contributed by atoms with Gasteiger partial charge >= 0.3 is 6.18 Å². The number of hydrogen-bond donors (Lipinski definition) is 1. The zero-order valence-electron chi connectivity index (χ0n) is 9.15. The Morgan fingerprint density at radius 1 is 1.33 bits per heavy atom. The first-order valence-electron chi connectivity index (χ1n) is 4.82. The Kier molecular flexibility index (Phi) is 3.16. The van der Waals surface area contributed by atoms with E-state index in [4.69, 9.17) is 4.74 Å². The Morgan fingerprint density at radius 3 is 2.61 bits per heavy atom. The van der Waals surface area contributed by atoms with Gasteiger partial charge in [-0.25, -0.2) is 4.98 Å². The lowest BCUT2D eigenvalue weighted by atomic mass is 10.1. The number of rotatable bonds is 2. The molecule has 0 atom stereocenters. The van der Waals surface area contributed by atoms with Crippen LogP contribution in [0.1, 0.15) is 5.01 Å². The number of nitrogens with zero attached hydrogens (tertiary/aromatic N) is 1. The highest BCUT2D eigenvalue weighted by Gasteiger charge is 2.34. The number of ether oxygens (including phenoxy) is 1. The summed E-state index contributed by atoms with van der Waals surface area (Å²) in [5, 5.41) is 8.69. The number of hydrogen-bond acceptors (Lipinski definition) is 4. The third-order valence-corrected chi connectivity index (χ3v) is 3.29. The molecular formula is C11H8F3NO2S. The second-order valence-corrected chi connectivity index (χ2v) is 4.44. The molecule has 0 aliphatic heterocycles. The van der Waals surface area contributed by atoms with Crippen LogP contribution in [0, 0.1) is 0 Å². The van der Waals surface area contributed by atoms with E-state index in [0.29, 0.717) is 17.1 Å². The zero-order chi connectivity index (χ0) is 13.3. The van der Waals surface area contributed by atoms with Gasteiger partial charge < -0.3 is 9.84 Å². The van der Waals surface area contributed by atoms with Crippen LogP contribution in [0.15, 0.2) is 24.4 Å². The van der Waals surface area contributed by atoms with Crippen LogP contribution in [0.2, 0.25) is 0 Å². The van der Waals surface area contributed by atoms with Gasteiger partial charge in [-0.1, -0.05) is 0 Å². The summed E-state index contributed by atoms with van der Waals surface area (Å²) in [6.45, 7) is 0. The average molecular weight is 275 g/mol. The van der Waals surface area contributed by atoms with Crippen LogP contribution in [0.3, 0.4) is 0 Å². The molecule has 0 unspecified atom stereocenters. The Morgan fingerprint density at radius 2 is 2.06 bits per heavy atom. The van der Waals surface area contributed by atoms with Crippen molar-refractivity contribution in [3.8, 4) is 21.9 Å². The van der Waals surface area contributed by atoms with Gasteiger partial charge in [0.2, 0.25) is 0 Å². The topological polar surface area (TPSA) is 42.4 Å². The highest BCUT2D eigenvalue weighted by Crippen LogP contribution is 2.40. The number of phenolic OH excluding ortho intramolecular Hbond substituents is 1. The molecule has 0 saturated heterocycles. The quantitative estimate of drug-likeness (QED) is 0.911. The molecule has 1 aromatic heterocycles. The fourth-order valence-corrected chi connectivity index (χ4v) is 2.18. The number of benzene rings is 1. The van der Waals surface area contributed by atoms with Crippen molar-refractivity contribution in [2.45, 2.75) is 6.18 Å². The highest BCUT2D eigenvalue weighted by molar-refractivity contribution is 7.15. The molecule has 18 heavy (non-hydrogen) atoms. The van der Waals surface area contributed by atoms with Crippen LogP contribution in [-0.4, -0.2) is 17.2 Å². The minimum absolute atomic E-state index is 0.117. The van der Waals surface area contributed by atoms with Crippen LogP contribution in [-0.2, 0) is 6.18 Å². The SMILES string of the molecule is COc1ccc(O)c(-c2cnc(C(F)(F)F)s2)c1. The van der Waals surface area contributed by atoms with Crippen molar-refractivity contribution in [2.75, 3.05) is 7.11 Å². The zero-order valence-corrected chi connectivity index (χ0v) is 9.97. The Labute approximate surface area is 104 Å². The summed E-state index contributed by atoms with van der Waals surface area (Å²) >= 11 is 0.475. The molecule has 0 aliphatic rings. The predicted molar refractivity (Wildman–Crippen MR) is 60.8 cm³/mol. The predicted octanol–water partition coefficient (Wildman–Crippen LogP) is 3.54. The summed E-state index contributed by atoms with van der Waals surface area (Å²) in [5.74, 6) is 0.331. The molecule has 0 spiro atoms. The first-order valence-corrected chi connectivity index (χ1v) is 5.64. The van der Waals surface area contributed by atoms with E-state index in [-0.39, 0.29) is 16.2 Å². The molecule has 2 aromatic rings. The van der Waals surface area contributed by atoms with Crippen molar-refractivity contribution in [2.24, 2.45) is 0 Å². The van der Waals surface area contributed by atoms with Crippen LogP contribution in [0.5, 0.6) is 11.5 Å². The lowest BCUT2D eigenvalue weighted by Crippen LogP contribution is -2.02. The maximum atomic E-state index is 12.4. The van der Waals surface area contributed by atoms with Gasteiger partial charge in [0.25, 0.3) is 0 Å². The molecule has 0 fully saturated rings. The summed E-state index contributed by atoms with van der Waals surface area (Å²) in [5.41, 5.74) is 0.266. The first-order chi connectivity index (χ1) is 8.41. The Hall–Kier alpha value is -1.76. The van der Waals surface area contributed by atoms with E-state index in [1.165, 1.54) is 25.3 Å². The minimum Gasteiger partial charge on any atom is -0.507 e. The Balaban J connectivity index is 2.45. The van der Waals surface area contributed by atoms with Gasteiger partial charge in [-0.15, -0.1) is 11.3 Å². The monoisotopic (exact) mass is 275 g/mol. The molecule has 1 N–H and O–H groups in total. The molecule has 2 rings (SSSR count). The smallest absolute Gasteiger partial charge is 0.443 e. The van der Waals surface area contributed by atoms with Crippen molar-refractivity contribution in [3.05, 3.63) is 29.4 Å². The standard InChI is InChI=1S/C11H8F3NO2S/c1-17-6-2-3-8(16)7(4-6)9-5-15-10(18-9)11(12,13)14/h2-5,16H,1H3. The summed E-state index contributed by atoms with van der Waals surface area (Å²) in [7, 11) is 1.43. The highest BCUT2D eigenvalue weighted by atomic mass is 32.1. The normalized spacial score (nSPS) is 11.6. The summed E-state index contributed by atoms with van der Waals surface area (Å²) in [6.07, 6.45) is -3.39. The van der Waals surface area contributed by atoms with Gasteiger partial charge in [-0.3, -0.25) is 0 Å². The second-order valence-electron chi connectivity index (χ2n) is 3.41. The number of halogens is 3. The summed E-state index contributed by atoms with van der Waals surface area (Å²) in [4.78, 5) is 3.54. The lowest BCUT2D eigenvalue weighted by Gasteiger charge is -2.04. The van der Waals surface area contributed by atoms with Crippen LogP contribution in [0.25, 0.3) is 10.4 Å². The van der Waals surface area contributed by atoms with Crippen molar-refractivity contribution < 1.29 is 23.0 Å². The van der Waals surface area contributed by atoms with E-state index in [1.54, 1.807) is 0 Å². The molecule has 1 heterocycles. The molecule has 7 heteroatoms. The van der Waals surface area contributed by atoms with E-state index in [1.807, 2.05) is 0 Å². The fourth-order valence-electron chi connectivity index (χ4n) is 1.37. The molecule has 0 bridgehead atoms. The van der Waals surface area contributed by atoms with Crippen LogP contribution >= 0.6 is 11.3 Å². The van der Waals surface area contributed by atoms with Crippen molar-refractivity contribution in [1.29, 1.82) is 0 Å². The van der Waals surface area contributed by atoms with Crippen molar-refractivity contribution >= 4 is 11.3 Å². The van der Waals surface area contributed by atoms with E-state index in [2.05, 4.69) is 4.98 Å². The van der Waals surface area contributed by atoms with Gasteiger partial charge in [-0.2, -0.15) is 13.2 Å². The fraction of sp³-hybridized carbons (Fsp3) is 0.182. The van der Waals surface area contributed by atoms with Gasteiger partial charge in [0, 0.05) is 11.8 Å². The van der Waals surface area contributed by atoms with Crippen molar-refractivity contribution in [1.82, 2.24) is 4.98 Å². The number of thiazole rings is 1. The third kappa shape index (κ3) is 2.40. The van der Waals surface area contributed by atoms with Gasteiger partial charge in [0.1, 0.15) is 11.5 Å². The minimum atomic E-state index is -4.47. The molecule has 0 radical (unpaired) electrons. The molecular weight excluding hydrogens is 267 g/mol. The first kappa shape index (κ1) is 12.7. The lowest BCUT2D eigenvalue weighted by molar-refractivity contribution is -0.137. The largest absolute Gasteiger partial charge is 0.507 e. The number of phenols is 1. The molecule has 3 nitrogen and oxygen atoms in total. The van der Waals surface area contributed by atoms with Crippen molar-refractivity contribution in [3.63, 3.8) is 0 Å². The number of alkyl halides is 3. The van der Waals surface area contributed by atoms with Gasteiger partial charge in [0.15, 0.2) is 5.01 Å². The molecule has 0 saturated carbocycles. The van der Waals surface area contributed by atoms with E-state index >= 15 is 0 Å². The molecule has 0 aliphatic carbocycles. The van der Waals surface area contributed by atoms with Crippen LogP contribution < -0.4 is 4.74 Å². The van der Waals surface area contributed by atoms with E-state index in [9.17, 15) is 18.3 Å².